The number of aryl methyl sites for hydroxylation is 1. The monoisotopic (exact) mass is 271 g/mol. The highest BCUT2D eigenvalue weighted by atomic mass is 32.1. The number of nitrogens with zero attached hydrogens (tertiary/aromatic N) is 1. The molecule has 3 aromatic rings. The van der Waals surface area contributed by atoms with Crippen molar-refractivity contribution in [2.24, 2.45) is 0 Å². The summed E-state index contributed by atoms with van der Waals surface area (Å²) in [4.78, 5) is 9.28. The number of benzene rings is 1. The molecule has 2 N–H and O–H groups in total. The first-order valence-electron chi connectivity index (χ1n) is 6.45. The molecule has 3 nitrogen and oxygen atoms in total. The van der Waals surface area contributed by atoms with Crippen molar-refractivity contribution in [3.05, 3.63) is 35.3 Å². The smallest absolute Gasteiger partial charge is 0.183 e. The van der Waals surface area contributed by atoms with Crippen LogP contribution in [0.4, 0.5) is 5.13 Å². The molecule has 0 aliphatic rings. The maximum atomic E-state index is 4.73. The fourth-order valence-corrected chi connectivity index (χ4v) is 3.20. The van der Waals surface area contributed by atoms with E-state index in [1.54, 1.807) is 11.3 Å². The average Bonchev–Trinajstić information content (AvgIpc) is 2.92. The van der Waals surface area contributed by atoms with Gasteiger partial charge in [0.15, 0.2) is 5.13 Å². The summed E-state index contributed by atoms with van der Waals surface area (Å²) < 4.78 is 0. The summed E-state index contributed by atoms with van der Waals surface area (Å²) in [5, 5.41) is 5.60. The molecular weight excluding hydrogens is 254 g/mol. The summed E-state index contributed by atoms with van der Waals surface area (Å²) in [6.07, 6.45) is 2.05. The van der Waals surface area contributed by atoms with Crippen LogP contribution < -0.4 is 5.32 Å². The van der Waals surface area contributed by atoms with Crippen molar-refractivity contribution in [1.29, 1.82) is 0 Å². The molecule has 1 aromatic carbocycles. The molecule has 0 radical (unpaired) electrons. The normalized spacial score (nSPS) is 11.4. The summed E-state index contributed by atoms with van der Waals surface area (Å²) in [6, 6.07) is 8.74. The van der Waals surface area contributed by atoms with Gasteiger partial charge in [0.2, 0.25) is 0 Å². The van der Waals surface area contributed by atoms with Gasteiger partial charge in [-0.05, 0) is 26.8 Å². The molecule has 2 heterocycles. The van der Waals surface area contributed by atoms with Crippen LogP contribution in [0.1, 0.15) is 18.7 Å². The van der Waals surface area contributed by atoms with Crippen molar-refractivity contribution in [3.63, 3.8) is 0 Å². The third-order valence-corrected chi connectivity index (χ3v) is 3.96. The molecule has 0 bridgehead atoms. The van der Waals surface area contributed by atoms with Crippen molar-refractivity contribution in [1.82, 2.24) is 9.97 Å². The maximum absolute atomic E-state index is 4.73. The number of para-hydroxylation sites is 1. The largest absolute Gasteiger partial charge is 0.360 e. The maximum Gasteiger partial charge on any atom is 0.183 e. The van der Waals surface area contributed by atoms with Crippen molar-refractivity contribution in [3.8, 4) is 11.3 Å². The van der Waals surface area contributed by atoms with Crippen LogP contribution in [0.25, 0.3) is 22.2 Å². The van der Waals surface area contributed by atoms with E-state index >= 15 is 0 Å². The molecule has 0 fully saturated rings. The quantitative estimate of drug-likeness (QED) is 0.740. The molecule has 0 atom stereocenters. The second-order valence-corrected chi connectivity index (χ2v) is 6.17. The van der Waals surface area contributed by atoms with Gasteiger partial charge in [0.05, 0.1) is 5.69 Å². The van der Waals surface area contributed by atoms with Crippen molar-refractivity contribution >= 4 is 27.4 Å². The van der Waals surface area contributed by atoms with Crippen LogP contribution in [0.15, 0.2) is 30.5 Å². The minimum atomic E-state index is 0.404. The summed E-state index contributed by atoms with van der Waals surface area (Å²) in [5.41, 5.74) is 3.41. The van der Waals surface area contributed by atoms with Crippen molar-refractivity contribution in [2.45, 2.75) is 26.8 Å². The Balaban J connectivity index is 2.09. The first-order valence-corrected chi connectivity index (χ1v) is 7.27. The molecule has 4 heteroatoms. The van der Waals surface area contributed by atoms with Crippen LogP contribution in [-0.4, -0.2) is 16.0 Å². The molecular formula is C15H17N3S. The highest BCUT2D eigenvalue weighted by Crippen LogP contribution is 2.34. The van der Waals surface area contributed by atoms with E-state index in [9.17, 15) is 0 Å². The zero-order valence-corrected chi connectivity index (χ0v) is 12.1. The third kappa shape index (κ3) is 2.24. The van der Waals surface area contributed by atoms with Crippen LogP contribution in [0.3, 0.4) is 0 Å². The van der Waals surface area contributed by atoms with Gasteiger partial charge in [0.25, 0.3) is 0 Å². The number of aromatic amines is 1. The summed E-state index contributed by atoms with van der Waals surface area (Å²) >= 11 is 1.71. The lowest BCUT2D eigenvalue weighted by molar-refractivity contribution is 0.897. The second kappa shape index (κ2) is 4.70. The van der Waals surface area contributed by atoms with E-state index in [1.807, 2.05) is 12.3 Å². The highest BCUT2D eigenvalue weighted by molar-refractivity contribution is 7.16. The van der Waals surface area contributed by atoms with Gasteiger partial charge in [0.1, 0.15) is 0 Å². The van der Waals surface area contributed by atoms with Crippen LogP contribution in [0.5, 0.6) is 0 Å². The number of thiazole rings is 1. The lowest BCUT2D eigenvalue weighted by atomic mass is 10.1. The molecule has 0 saturated heterocycles. The standard InChI is InChI=1S/C15H17N3S/c1-9(2)17-15-18-14(10(3)19-15)12-8-16-13-7-5-4-6-11(12)13/h4-9,16H,1-3H3,(H,17,18). The lowest BCUT2D eigenvalue weighted by Crippen LogP contribution is -2.08. The summed E-state index contributed by atoms with van der Waals surface area (Å²) in [6.45, 7) is 6.38. The van der Waals surface area contributed by atoms with E-state index in [2.05, 4.69) is 49.3 Å². The van der Waals surface area contributed by atoms with Crippen molar-refractivity contribution in [2.75, 3.05) is 5.32 Å². The zero-order chi connectivity index (χ0) is 13.4. The highest BCUT2D eigenvalue weighted by Gasteiger charge is 2.13. The number of fused-ring (bicyclic) bond motifs is 1. The van der Waals surface area contributed by atoms with Crippen LogP contribution in [0.2, 0.25) is 0 Å². The second-order valence-electron chi connectivity index (χ2n) is 4.97. The Morgan fingerprint density at radius 2 is 2.05 bits per heavy atom. The fourth-order valence-electron chi connectivity index (χ4n) is 2.22. The molecule has 98 valence electrons. The van der Waals surface area contributed by atoms with E-state index in [-0.39, 0.29) is 0 Å². The van der Waals surface area contributed by atoms with Gasteiger partial charge in [-0.1, -0.05) is 18.2 Å². The van der Waals surface area contributed by atoms with E-state index in [1.165, 1.54) is 15.8 Å². The van der Waals surface area contributed by atoms with E-state index in [0.717, 1.165) is 16.3 Å². The van der Waals surface area contributed by atoms with E-state index in [0.29, 0.717) is 6.04 Å². The Labute approximate surface area is 116 Å². The third-order valence-electron chi connectivity index (χ3n) is 3.05. The van der Waals surface area contributed by atoms with Gasteiger partial charge in [0, 0.05) is 33.6 Å². The van der Waals surface area contributed by atoms with Gasteiger partial charge in [-0.2, -0.15) is 0 Å². The number of anilines is 1. The molecule has 0 aliphatic carbocycles. The fraction of sp³-hybridized carbons (Fsp3) is 0.267. The van der Waals surface area contributed by atoms with E-state index < -0.39 is 0 Å². The molecule has 0 unspecified atom stereocenters. The minimum Gasteiger partial charge on any atom is -0.360 e. The molecule has 19 heavy (non-hydrogen) atoms. The Morgan fingerprint density at radius 3 is 2.84 bits per heavy atom. The van der Waals surface area contributed by atoms with Crippen LogP contribution in [-0.2, 0) is 0 Å². The molecule has 2 aromatic heterocycles. The SMILES string of the molecule is Cc1sc(NC(C)C)nc1-c1c[nH]c2ccccc12. The number of hydrogen-bond donors (Lipinski definition) is 2. The topological polar surface area (TPSA) is 40.7 Å². The van der Waals surface area contributed by atoms with Gasteiger partial charge in [-0.3, -0.25) is 0 Å². The molecule has 0 saturated carbocycles. The van der Waals surface area contributed by atoms with E-state index in [4.69, 9.17) is 4.98 Å². The molecule has 0 amide bonds. The van der Waals surface area contributed by atoms with Gasteiger partial charge < -0.3 is 10.3 Å². The Bertz CT molecular complexity index is 709. The first-order chi connectivity index (χ1) is 9.15. The average molecular weight is 271 g/mol. The number of H-pyrrole nitrogens is 1. The number of rotatable bonds is 3. The number of hydrogen-bond acceptors (Lipinski definition) is 3. The molecule has 0 spiro atoms. The Morgan fingerprint density at radius 1 is 1.26 bits per heavy atom. The van der Waals surface area contributed by atoms with Gasteiger partial charge >= 0.3 is 0 Å². The number of aromatic nitrogens is 2. The first kappa shape index (κ1) is 12.2. The van der Waals surface area contributed by atoms with Gasteiger partial charge in [-0.25, -0.2) is 4.98 Å². The predicted octanol–water partition coefficient (Wildman–Crippen LogP) is 4.42. The van der Waals surface area contributed by atoms with Gasteiger partial charge in [-0.15, -0.1) is 11.3 Å². The number of nitrogens with one attached hydrogen (secondary N) is 2. The zero-order valence-electron chi connectivity index (χ0n) is 11.3. The summed E-state index contributed by atoms with van der Waals surface area (Å²) in [7, 11) is 0. The summed E-state index contributed by atoms with van der Waals surface area (Å²) in [5.74, 6) is 0. The van der Waals surface area contributed by atoms with Crippen LogP contribution >= 0.6 is 11.3 Å². The van der Waals surface area contributed by atoms with Crippen LogP contribution in [0, 0.1) is 6.92 Å². The molecule has 3 rings (SSSR count). The Hall–Kier alpha value is -1.81. The Kier molecular flexibility index (Phi) is 3.03. The van der Waals surface area contributed by atoms with Crippen molar-refractivity contribution < 1.29 is 0 Å². The predicted molar refractivity (Wildman–Crippen MR) is 82.9 cm³/mol. The minimum absolute atomic E-state index is 0.404. The lowest BCUT2D eigenvalue weighted by Gasteiger charge is -2.04. The molecule has 0 aliphatic heterocycles.